The van der Waals surface area contributed by atoms with E-state index < -0.39 is 50.5 Å². The molecule has 2 unspecified atom stereocenters. The summed E-state index contributed by atoms with van der Waals surface area (Å²) >= 11 is 0. The number of halogens is 1. The summed E-state index contributed by atoms with van der Waals surface area (Å²) in [7, 11) is -3.05. The number of benzene rings is 1. The maximum absolute atomic E-state index is 15.9. The van der Waals surface area contributed by atoms with Gasteiger partial charge in [-0.25, -0.2) is 23.9 Å². The Balaban J connectivity index is 1.55. The van der Waals surface area contributed by atoms with E-state index in [1.165, 1.54) is 38.2 Å². The highest BCUT2D eigenvalue weighted by Crippen LogP contribution is 2.48. The smallest absolute Gasteiger partial charge is 0.459 e. The van der Waals surface area contributed by atoms with Gasteiger partial charge in [0, 0.05) is 6.54 Å². The number of hydrogen-bond donors (Lipinski definition) is 3. The van der Waals surface area contributed by atoms with Crippen LogP contribution in [0, 0.1) is 0 Å². The number of esters is 1. The Morgan fingerprint density at radius 1 is 1.31 bits per heavy atom. The number of fused-ring (bicyclic) bond motifs is 1. The van der Waals surface area contributed by atoms with Crippen molar-refractivity contribution in [2.24, 2.45) is 0 Å². The highest BCUT2D eigenvalue weighted by Gasteiger charge is 2.56. The first-order chi connectivity index (χ1) is 18.6. The SMILES string of the molecule is CCCNc1ncnc2c1ncn2[C@@H]1O[C@H](COP(=O)(NC(C)C(=O)OC)Oc2ccccc2)[C@@H](O)[C@@]1(C)F. The van der Waals surface area contributed by atoms with Crippen LogP contribution in [0.4, 0.5) is 10.2 Å². The number of aromatic nitrogens is 4. The van der Waals surface area contributed by atoms with E-state index in [4.69, 9.17) is 13.8 Å². The molecule has 0 aliphatic carbocycles. The standard InChI is InChI=1S/C24H32FN6O7P/c1-5-11-26-20-18-21(28-13-27-20)31(14-29-18)23-24(3,25)19(32)17(37-23)12-36-39(34,30-15(2)22(33)35-4)38-16-9-7-6-8-10-16/h6-10,13-15,17,19,23,32H,5,11-12H2,1-4H3,(H,30,34)(H,26,27,28)/t15?,17-,19-,23-,24-,39?/m1/s1. The quantitative estimate of drug-likeness (QED) is 0.218. The molecule has 3 N–H and O–H groups in total. The molecule has 0 bridgehead atoms. The van der Waals surface area contributed by atoms with E-state index in [0.717, 1.165) is 6.42 Å². The van der Waals surface area contributed by atoms with Crippen molar-refractivity contribution in [3.63, 3.8) is 0 Å². The average Bonchev–Trinajstić information content (AvgIpc) is 3.44. The summed E-state index contributed by atoms with van der Waals surface area (Å²) < 4.78 is 52.6. The molecular weight excluding hydrogens is 534 g/mol. The van der Waals surface area contributed by atoms with Crippen LogP contribution in [0.2, 0.25) is 0 Å². The van der Waals surface area contributed by atoms with Gasteiger partial charge in [-0.3, -0.25) is 13.9 Å². The second-order valence-corrected chi connectivity index (χ2v) is 10.9. The number of nitrogens with zero attached hydrogens (tertiary/aromatic N) is 4. The molecule has 1 aliphatic rings. The van der Waals surface area contributed by atoms with Crippen LogP contribution in [-0.2, 0) is 23.4 Å². The molecule has 39 heavy (non-hydrogen) atoms. The number of carbonyl (C=O) groups excluding carboxylic acids is 1. The number of hydrogen-bond acceptors (Lipinski definition) is 11. The molecule has 1 fully saturated rings. The summed E-state index contributed by atoms with van der Waals surface area (Å²) in [5.74, 6) is -0.0150. The number of imidazole rings is 1. The molecule has 15 heteroatoms. The lowest BCUT2D eigenvalue weighted by molar-refractivity contribution is -0.142. The Labute approximate surface area is 224 Å². The lowest BCUT2D eigenvalue weighted by Gasteiger charge is -2.25. The van der Waals surface area contributed by atoms with Crippen molar-refractivity contribution in [2.45, 2.75) is 57.3 Å². The first-order valence-corrected chi connectivity index (χ1v) is 13.9. The number of aliphatic hydroxyl groups excluding tert-OH is 1. The first kappa shape index (κ1) is 28.8. The summed E-state index contributed by atoms with van der Waals surface area (Å²) in [5, 5.41) is 16.5. The van der Waals surface area contributed by atoms with Gasteiger partial charge in [0.2, 0.25) is 0 Å². The van der Waals surface area contributed by atoms with Crippen LogP contribution >= 0.6 is 7.75 Å². The molecule has 0 saturated carbocycles. The van der Waals surface area contributed by atoms with E-state index >= 15 is 4.39 Å². The lowest BCUT2D eigenvalue weighted by Crippen LogP contribution is -2.41. The molecule has 0 radical (unpaired) electrons. The zero-order valence-corrected chi connectivity index (χ0v) is 22.9. The zero-order valence-electron chi connectivity index (χ0n) is 22.0. The molecule has 1 aromatic carbocycles. The second kappa shape index (κ2) is 11.9. The first-order valence-electron chi connectivity index (χ1n) is 12.4. The van der Waals surface area contributed by atoms with E-state index in [9.17, 15) is 14.5 Å². The van der Waals surface area contributed by atoms with Gasteiger partial charge in [-0.15, -0.1) is 0 Å². The van der Waals surface area contributed by atoms with Crippen molar-refractivity contribution < 1.29 is 37.4 Å². The molecule has 6 atom stereocenters. The van der Waals surface area contributed by atoms with E-state index in [1.54, 1.807) is 30.3 Å². The number of para-hydroxylation sites is 1. The van der Waals surface area contributed by atoms with Gasteiger partial charge in [0.05, 0.1) is 20.0 Å². The molecule has 1 saturated heterocycles. The van der Waals surface area contributed by atoms with Crippen LogP contribution < -0.4 is 14.9 Å². The number of methoxy groups -OCH3 is 1. The minimum Gasteiger partial charge on any atom is -0.468 e. The Hall–Kier alpha value is -3.16. The van der Waals surface area contributed by atoms with Gasteiger partial charge in [-0.1, -0.05) is 25.1 Å². The summed E-state index contributed by atoms with van der Waals surface area (Å²) in [6.45, 7) is 4.73. The van der Waals surface area contributed by atoms with Gasteiger partial charge >= 0.3 is 13.7 Å². The normalized spacial score (nSPS) is 25.2. The number of rotatable bonds is 12. The summed E-state index contributed by atoms with van der Waals surface area (Å²) in [6.07, 6.45) is -0.730. The number of carbonyl (C=O) groups is 1. The topological polar surface area (TPSA) is 159 Å². The van der Waals surface area contributed by atoms with Crippen molar-refractivity contribution >= 4 is 30.7 Å². The van der Waals surface area contributed by atoms with Crippen molar-refractivity contribution in [2.75, 3.05) is 25.6 Å². The molecule has 3 heterocycles. The van der Waals surface area contributed by atoms with Gasteiger partial charge in [0.15, 0.2) is 28.9 Å². The summed E-state index contributed by atoms with van der Waals surface area (Å²) in [4.78, 5) is 24.7. The molecule has 13 nitrogen and oxygen atoms in total. The molecule has 0 amide bonds. The third-order valence-corrected chi connectivity index (χ3v) is 7.80. The van der Waals surface area contributed by atoms with Crippen LogP contribution in [0.3, 0.4) is 0 Å². The number of ether oxygens (including phenoxy) is 2. The Morgan fingerprint density at radius 3 is 2.74 bits per heavy atom. The van der Waals surface area contributed by atoms with Gasteiger partial charge in [0.25, 0.3) is 0 Å². The van der Waals surface area contributed by atoms with E-state index in [-0.39, 0.29) is 5.75 Å². The second-order valence-electron chi connectivity index (χ2n) is 9.17. The van der Waals surface area contributed by atoms with Crippen LogP contribution in [0.15, 0.2) is 43.0 Å². The van der Waals surface area contributed by atoms with Crippen molar-refractivity contribution in [1.29, 1.82) is 0 Å². The molecular formula is C24H32FN6O7P. The fraction of sp³-hybridized carbons (Fsp3) is 0.500. The molecule has 212 valence electrons. The average molecular weight is 567 g/mol. The third-order valence-electron chi connectivity index (χ3n) is 6.15. The summed E-state index contributed by atoms with van der Waals surface area (Å²) in [5.41, 5.74) is -1.58. The number of aliphatic hydroxyl groups is 1. The van der Waals surface area contributed by atoms with Gasteiger partial charge in [0.1, 0.15) is 30.3 Å². The van der Waals surface area contributed by atoms with Gasteiger partial charge < -0.3 is 24.4 Å². The zero-order chi connectivity index (χ0) is 28.2. The fourth-order valence-corrected chi connectivity index (χ4v) is 5.60. The largest absolute Gasteiger partial charge is 0.468 e. The maximum Gasteiger partial charge on any atom is 0.459 e. The minimum atomic E-state index is -4.23. The monoisotopic (exact) mass is 566 g/mol. The van der Waals surface area contributed by atoms with Crippen molar-refractivity contribution in [3.05, 3.63) is 43.0 Å². The van der Waals surface area contributed by atoms with E-state index in [1.807, 2.05) is 6.92 Å². The fourth-order valence-electron chi connectivity index (χ4n) is 4.10. The predicted octanol–water partition coefficient (Wildman–Crippen LogP) is 2.99. The van der Waals surface area contributed by atoms with Crippen LogP contribution in [-0.4, -0.2) is 74.8 Å². The Kier molecular flexibility index (Phi) is 8.82. The number of nitrogens with one attached hydrogen (secondary N) is 2. The van der Waals surface area contributed by atoms with Gasteiger partial charge in [-0.05, 0) is 32.4 Å². The Morgan fingerprint density at radius 2 is 2.05 bits per heavy atom. The number of anilines is 1. The van der Waals surface area contributed by atoms with E-state index in [2.05, 4.69) is 30.1 Å². The third kappa shape index (κ3) is 6.20. The molecule has 0 spiro atoms. The highest BCUT2D eigenvalue weighted by molar-refractivity contribution is 7.52. The Bertz CT molecular complexity index is 1330. The van der Waals surface area contributed by atoms with Crippen LogP contribution in [0.5, 0.6) is 5.75 Å². The molecule has 2 aromatic heterocycles. The molecule has 4 rings (SSSR count). The van der Waals surface area contributed by atoms with Crippen LogP contribution in [0.25, 0.3) is 11.2 Å². The highest BCUT2D eigenvalue weighted by atomic mass is 31.2. The van der Waals surface area contributed by atoms with Crippen LogP contribution in [0.1, 0.15) is 33.4 Å². The van der Waals surface area contributed by atoms with Crippen molar-refractivity contribution in [1.82, 2.24) is 24.6 Å². The lowest BCUT2D eigenvalue weighted by atomic mass is 9.98. The number of alkyl halides is 1. The molecule has 1 aliphatic heterocycles. The predicted molar refractivity (Wildman–Crippen MR) is 139 cm³/mol. The van der Waals surface area contributed by atoms with Crippen molar-refractivity contribution in [3.8, 4) is 5.75 Å². The summed E-state index contributed by atoms with van der Waals surface area (Å²) in [6, 6.07) is 7.09. The molecule has 3 aromatic rings. The van der Waals surface area contributed by atoms with E-state index in [0.29, 0.717) is 23.5 Å². The maximum atomic E-state index is 15.9. The minimum absolute atomic E-state index is 0.198. The van der Waals surface area contributed by atoms with Gasteiger partial charge in [-0.2, -0.15) is 5.09 Å².